The van der Waals surface area contributed by atoms with Crippen LogP contribution in [0, 0.1) is 11.3 Å². The Morgan fingerprint density at radius 3 is 2.96 bits per heavy atom. The summed E-state index contributed by atoms with van der Waals surface area (Å²) in [6.07, 6.45) is 0.335. The van der Waals surface area contributed by atoms with Crippen LogP contribution >= 0.6 is 11.3 Å². The van der Waals surface area contributed by atoms with E-state index in [-0.39, 0.29) is 36.2 Å². The van der Waals surface area contributed by atoms with Gasteiger partial charge in [-0.25, -0.2) is 0 Å². The molecule has 2 aliphatic rings. The van der Waals surface area contributed by atoms with Gasteiger partial charge >= 0.3 is 12.6 Å². The van der Waals surface area contributed by atoms with Gasteiger partial charge in [-0.05, 0) is 17.9 Å². The zero-order valence-electron chi connectivity index (χ0n) is 12.0. The van der Waals surface area contributed by atoms with Gasteiger partial charge in [-0.15, -0.1) is 11.3 Å². The maximum Gasteiger partial charge on any atom is 0.387 e. The zero-order valence-corrected chi connectivity index (χ0v) is 12.9. The van der Waals surface area contributed by atoms with E-state index in [2.05, 4.69) is 4.74 Å². The minimum atomic E-state index is -3.02. The molecule has 1 aromatic rings. The summed E-state index contributed by atoms with van der Waals surface area (Å²) in [5.41, 5.74) is -1.02. The number of carboxylic acids is 1. The Morgan fingerprint density at radius 1 is 1.52 bits per heavy atom. The van der Waals surface area contributed by atoms with E-state index in [0.717, 1.165) is 11.3 Å². The number of aliphatic carboxylic acids is 1. The third kappa shape index (κ3) is 2.78. The average Bonchev–Trinajstić information content (AvgIpc) is 3.10. The van der Waals surface area contributed by atoms with Gasteiger partial charge in [0.05, 0.1) is 12.0 Å². The Morgan fingerprint density at radius 2 is 2.30 bits per heavy atom. The molecule has 0 spiro atoms. The standard InChI is InChI=1S/C14H15F2NO5S/c15-13(16)22-9-1-4-23-10(9)11(18)17-5-8-6-21-3-2-14(8,7-17)12(19)20/h1,4,8,13H,2-3,5-7H2,(H,19,20)/t8-,14+/m0/s1. The molecule has 6 nitrogen and oxygen atoms in total. The second kappa shape index (κ2) is 6.04. The van der Waals surface area contributed by atoms with Crippen LogP contribution in [-0.2, 0) is 9.53 Å². The first kappa shape index (κ1) is 16.1. The van der Waals surface area contributed by atoms with Crippen molar-refractivity contribution >= 4 is 23.2 Å². The van der Waals surface area contributed by atoms with Crippen LogP contribution in [0.3, 0.4) is 0 Å². The second-order valence-corrected chi connectivity index (χ2v) is 6.58. The van der Waals surface area contributed by atoms with Crippen LogP contribution < -0.4 is 4.74 Å². The van der Waals surface area contributed by atoms with Gasteiger partial charge in [-0.1, -0.05) is 0 Å². The lowest BCUT2D eigenvalue weighted by atomic mass is 9.74. The fourth-order valence-corrected chi connectivity index (χ4v) is 4.03. The number of carboxylic acid groups (broad SMARTS) is 1. The molecule has 3 heterocycles. The monoisotopic (exact) mass is 347 g/mol. The smallest absolute Gasteiger partial charge is 0.387 e. The highest BCUT2D eigenvalue weighted by atomic mass is 32.1. The molecule has 3 rings (SSSR count). The molecular formula is C14H15F2NO5S. The van der Waals surface area contributed by atoms with Crippen LogP contribution in [0.2, 0.25) is 0 Å². The molecule has 2 fully saturated rings. The largest absolute Gasteiger partial charge is 0.481 e. The fraction of sp³-hybridized carbons (Fsp3) is 0.571. The molecule has 0 saturated carbocycles. The topological polar surface area (TPSA) is 76.1 Å². The molecule has 23 heavy (non-hydrogen) atoms. The molecule has 2 aliphatic heterocycles. The summed E-state index contributed by atoms with van der Waals surface area (Å²) in [5.74, 6) is -1.90. The number of carbonyl (C=O) groups excluding carboxylic acids is 1. The Hall–Kier alpha value is -1.74. The Balaban J connectivity index is 1.82. The van der Waals surface area contributed by atoms with Gasteiger partial charge in [-0.2, -0.15) is 8.78 Å². The summed E-state index contributed by atoms with van der Waals surface area (Å²) in [7, 11) is 0. The number of likely N-dealkylation sites (tertiary alicyclic amines) is 1. The summed E-state index contributed by atoms with van der Waals surface area (Å²) >= 11 is 0.999. The first-order valence-corrected chi connectivity index (χ1v) is 7.95. The number of thiophene rings is 1. The number of ether oxygens (including phenoxy) is 2. The Kier molecular flexibility index (Phi) is 4.24. The van der Waals surface area contributed by atoms with Crippen LogP contribution in [0.1, 0.15) is 16.1 Å². The van der Waals surface area contributed by atoms with Crippen LogP contribution in [-0.4, -0.2) is 54.8 Å². The van der Waals surface area contributed by atoms with Gasteiger partial charge in [0.1, 0.15) is 10.6 Å². The molecule has 2 atom stereocenters. The summed E-state index contributed by atoms with van der Waals surface area (Å²) < 4.78 is 34.5. The molecule has 126 valence electrons. The molecule has 2 saturated heterocycles. The predicted octanol–water partition coefficient (Wildman–Crippen LogP) is 1.91. The fourth-order valence-electron chi connectivity index (χ4n) is 3.24. The lowest BCUT2D eigenvalue weighted by Crippen LogP contribution is -2.45. The lowest BCUT2D eigenvalue weighted by molar-refractivity contribution is -0.157. The van der Waals surface area contributed by atoms with Gasteiger partial charge < -0.3 is 19.5 Å². The molecule has 0 aliphatic carbocycles. The van der Waals surface area contributed by atoms with Crippen molar-refractivity contribution < 1.29 is 33.0 Å². The molecule has 1 aromatic heterocycles. The number of nitrogens with zero attached hydrogens (tertiary/aromatic N) is 1. The first-order valence-electron chi connectivity index (χ1n) is 7.07. The Bertz CT molecular complexity index is 622. The second-order valence-electron chi connectivity index (χ2n) is 5.66. The van der Waals surface area contributed by atoms with E-state index < -0.39 is 23.9 Å². The van der Waals surface area contributed by atoms with Crippen molar-refractivity contribution in [2.24, 2.45) is 11.3 Å². The van der Waals surface area contributed by atoms with Crippen LogP contribution in [0.4, 0.5) is 8.78 Å². The number of hydrogen-bond donors (Lipinski definition) is 1. The van der Waals surface area contributed by atoms with Crippen LogP contribution in [0.25, 0.3) is 0 Å². The first-order chi connectivity index (χ1) is 10.9. The minimum absolute atomic E-state index is 0.0568. The maximum absolute atomic E-state index is 12.6. The van der Waals surface area contributed by atoms with Crippen LogP contribution in [0.15, 0.2) is 11.4 Å². The Labute approximate surface area is 134 Å². The SMILES string of the molecule is O=C(c1sccc1OC(F)F)N1C[C@H]2COCC[C@@]2(C(=O)O)C1. The van der Waals surface area contributed by atoms with E-state index in [9.17, 15) is 23.5 Å². The average molecular weight is 347 g/mol. The van der Waals surface area contributed by atoms with Gasteiger partial charge in [0.25, 0.3) is 5.91 Å². The molecule has 9 heteroatoms. The number of fused-ring (bicyclic) bond motifs is 1. The maximum atomic E-state index is 12.6. The van der Waals surface area contributed by atoms with Gasteiger partial charge in [0.15, 0.2) is 0 Å². The number of halogens is 2. The molecule has 0 unspecified atom stereocenters. The van der Waals surface area contributed by atoms with E-state index in [0.29, 0.717) is 13.0 Å². The normalized spacial score (nSPS) is 27.1. The van der Waals surface area contributed by atoms with Crippen molar-refractivity contribution in [2.75, 3.05) is 26.3 Å². The summed E-state index contributed by atoms with van der Waals surface area (Å²) in [5, 5.41) is 11.1. The number of hydrogen-bond acceptors (Lipinski definition) is 5. The summed E-state index contributed by atoms with van der Waals surface area (Å²) in [4.78, 5) is 25.8. The van der Waals surface area contributed by atoms with Crippen molar-refractivity contribution in [3.8, 4) is 5.75 Å². The van der Waals surface area contributed by atoms with Crippen molar-refractivity contribution in [2.45, 2.75) is 13.0 Å². The van der Waals surface area contributed by atoms with Crippen molar-refractivity contribution in [1.29, 1.82) is 0 Å². The number of alkyl halides is 2. The molecular weight excluding hydrogens is 332 g/mol. The van der Waals surface area contributed by atoms with E-state index in [1.54, 1.807) is 0 Å². The van der Waals surface area contributed by atoms with E-state index in [1.165, 1.54) is 16.3 Å². The van der Waals surface area contributed by atoms with Crippen molar-refractivity contribution in [1.82, 2.24) is 4.90 Å². The van der Waals surface area contributed by atoms with Gasteiger partial charge in [0.2, 0.25) is 0 Å². The highest BCUT2D eigenvalue weighted by Gasteiger charge is 2.55. The third-order valence-corrected chi connectivity index (χ3v) is 5.34. The molecule has 0 bridgehead atoms. The number of carbonyl (C=O) groups is 2. The van der Waals surface area contributed by atoms with Crippen molar-refractivity contribution in [3.63, 3.8) is 0 Å². The molecule has 1 amide bonds. The third-order valence-electron chi connectivity index (χ3n) is 4.46. The van der Waals surface area contributed by atoms with E-state index >= 15 is 0 Å². The van der Waals surface area contributed by atoms with Gasteiger partial charge in [-0.3, -0.25) is 9.59 Å². The zero-order chi connectivity index (χ0) is 16.6. The predicted molar refractivity (Wildman–Crippen MR) is 75.8 cm³/mol. The van der Waals surface area contributed by atoms with E-state index in [1.807, 2.05) is 0 Å². The molecule has 1 N–H and O–H groups in total. The highest BCUT2D eigenvalue weighted by molar-refractivity contribution is 7.12. The molecule has 0 radical (unpaired) electrons. The lowest BCUT2D eigenvalue weighted by Gasteiger charge is -2.33. The van der Waals surface area contributed by atoms with Crippen LogP contribution in [0.5, 0.6) is 5.75 Å². The van der Waals surface area contributed by atoms with E-state index in [4.69, 9.17) is 4.74 Å². The molecule has 0 aromatic carbocycles. The quantitative estimate of drug-likeness (QED) is 0.900. The minimum Gasteiger partial charge on any atom is -0.481 e. The number of rotatable bonds is 4. The highest BCUT2D eigenvalue weighted by Crippen LogP contribution is 2.43. The van der Waals surface area contributed by atoms with Gasteiger partial charge in [0, 0.05) is 25.6 Å². The van der Waals surface area contributed by atoms with Crippen molar-refractivity contribution in [3.05, 3.63) is 16.3 Å². The summed E-state index contributed by atoms with van der Waals surface area (Å²) in [6.45, 7) is -2.11. The number of amides is 1. The summed E-state index contributed by atoms with van der Waals surface area (Å²) in [6, 6.07) is 1.31.